The number of nitrogens with zero attached hydrogens (tertiary/aromatic N) is 3. The number of fused-ring (bicyclic) bond motifs is 1. The van der Waals surface area contributed by atoms with Gasteiger partial charge in [0.2, 0.25) is 11.8 Å². The van der Waals surface area contributed by atoms with E-state index in [0.717, 1.165) is 6.07 Å². The third-order valence-corrected chi connectivity index (χ3v) is 5.70. The number of halogens is 3. The smallest absolute Gasteiger partial charge is 0.246 e. The number of carbonyl (C=O) groups is 2. The van der Waals surface area contributed by atoms with Gasteiger partial charge in [-0.3, -0.25) is 14.6 Å². The van der Waals surface area contributed by atoms with Gasteiger partial charge >= 0.3 is 0 Å². The topological polar surface area (TPSA) is 85.2 Å². The number of benzodiazepines with no additional fused rings is 1. The van der Waals surface area contributed by atoms with Gasteiger partial charge in [-0.2, -0.15) is 0 Å². The van der Waals surface area contributed by atoms with E-state index >= 15 is 4.39 Å². The molecule has 2 N–H and O–H groups in total. The number of hydrogen-bond acceptors (Lipinski definition) is 5. The van der Waals surface area contributed by atoms with E-state index in [-0.39, 0.29) is 34.3 Å². The highest BCUT2D eigenvalue weighted by molar-refractivity contribution is 6.34. The lowest BCUT2D eigenvalue weighted by Gasteiger charge is -2.36. The maximum Gasteiger partial charge on any atom is 0.246 e. The van der Waals surface area contributed by atoms with Crippen molar-refractivity contribution in [3.63, 3.8) is 0 Å². The lowest BCUT2D eigenvalue weighted by molar-refractivity contribution is -0.127. The zero-order valence-electron chi connectivity index (χ0n) is 16.9. The van der Waals surface area contributed by atoms with Gasteiger partial charge in [0.15, 0.2) is 5.82 Å². The van der Waals surface area contributed by atoms with Crippen molar-refractivity contribution in [1.82, 2.24) is 9.80 Å². The van der Waals surface area contributed by atoms with E-state index in [1.807, 2.05) is 4.90 Å². The average Bonchev–Trinajstić information content (AvgIpc) is 2.94. The van der Waals surface area contributed by atoms with E-state index in [2.05, 4.69) is 16.9 Å². The molecule has 2 amide bonds. The summed E-state index contributed by atoms with van der Waals surface area (Å²) in [7, 11) is 0. The van der Waals surface area contributed by atoms with Crippen LogP contribution in [-0.2, 0) is 9.59 Å². The number of benzene rings is 2. The second-order valence-corrected chi connectivity index (χ2v) is 7.72. The molecule has 0 saturated carbocycles. The van der Waals surface area contributed by atoms with Crippen molar-refractivity contribution in [2.24, 2.45) is 4.99 Å². The Morgan fingerprint density at radius 3 is 2.59 bits per heavy atom. The van der Waals surface area contributed by atoms with Gasteiger partial charge in [0, 0.05) is 37.3 Å². The number of piperazine rings is 1. The van der Waals surface area contributed by atoms with Gasteiger partial charge in [-0.15, -0.1) is 0 Å². The summed E-state index contributed by atoms with van der Waals surface area (Å²) in [5.74, 6) is -2.71. The maximum absolute atomic E-state index is 15.7. The third kappa shape index (κ3) is 3.80. The van der Waals surface area contributed by atoms with Crippen LogP contribution in [0, 0.1) is 11.6 Å². The van der Waals surface area contributed by atoms with Crippen LogP contribution in [0.1, 0.15) is 5.56 Å². The lowest BCUT2D eigenvalue weighted by atomic mass is 9.98. The van der Waals surface area contributed by atoms with E-state index in [0.29, 0.717) is 32.0 Å². The highest BCUT2D eigenvalue weighted by Crippen LogP contribution is 2.42. The van der Waals surface area contributed by atoms with Crippen LogP contribution in [0.3, 0.4) is 0 Å². The van der Waals surface area contributed by atoms with Crippen LogP contribution in [-0.4, -0.2) is 65.3 Å². The molecule has 0 bridgehead atoms. The molecule has 10 heteroatoms. The van der Waals surface area contributed by atoms with Gasteiger partial charge in [0.25, 0.3) is 0 Å². The molecule has 7 nitrogen and oxygen atoms in total. The van der Waals surface area contributed by atoms with Crippen LogP contribution in [0.15, 0.2) is 41.9 Å². The quantitative estimate of drug-likeness (QED) is 0.675. The molecule has 2 aromatic carbocycles. The van der Waals surface area contributed by atoms with Gasteiger partial charge in [-0.05, 0) is 24.3 Å². The van der Waals surface area contributed by atoms with E-state index in [4.69, 9.17) is 11.6 Å². The number of nitrogens with one attached hydrogen (secondary N) is 1. The van der Waals surface area contributed by atoms with Crippen molar-refractivity contribution in [3.05, 3.63) is 59.1 Å². The first-order chi connectivity index (χ1) is 15.3. The number of anilines is 1. The second-order valence-electron chi connectivity index (χ2n) is 7.31. The fourth-order valence-corrected chi connectivity index (χ4v) is 4.14. The van der Waals surface area contributed by atoms with Gasteiger partial charge in [0.05, 0.1) is 16.3 Å². The largest absolute Gasteiger partial charge is 0.507 e. The molecular formula is C22H19ClF2N4O3. The number of hydrogen-bond donors (Lipinski definition) is 2. The first kappa shape index (κ1) is 21.8. The monoisotopic (exact) mass is 460 g/mol. The summed E-state index contributed by atoms with van der Waals surface area (Å²) in [4.78, 5) is 31.9. The van der Waals surface area contributed by atoms with E-state index < -0.39 is 28.9 Å². The van der Waals surface area contributed by atoms with E-state index in [9.17, 15) is 19.1 Å². The summed E-state index contributed by atoms with van der Waals surface area (Å²) in [6.45, 7) is 4.85. The van der Waals surface area contributed by atoms with Crippen LogP contribution in [0.25, 0.3) is 11.1 Å². The number of amides is 2. The molecule has 32 heavy (non-hydrogen) atoms. The average molecular weight is 461 g/mol. The molecule has 2 aliphatic heterocycles. The molecule has 1 fully saturated rings. The molecule has 2 heterocycles. The van der Waals surface area contributed by atoms with Gasteiger partial charge in [-0.25, -0.2) is 8.78 Å². The van der Waals surface area contributed by atoms with Crippen LogP contribution >= 0.6 is 11.6 Å². The normalized spacial score (nSPS) is 16.1. The first-order valence-corrected chi connectivity index (χ1v) is 10.2. The van der Waals surface area contributed by atoms with Gasteiger partial charge in [0.1, 0.15) is 23.9 Å². The lowest BCUT2D eigenvalue weighted by Crippen LogP contribution is -2.50. The minimum absolute atomic E-state index is 0.147. The Balaban J connectivity index is 1.78. The van der Waals surface area contributed by atoms with Gasteiger partial charge < -0.3 is 20.2 Å². The standard InChI is InChI=1S/C22H19ClF2N4O3/c1-2-17(32)28-6-8-29(9-7-28)22-12-10-13(23)18(19-14(24)4-3-5-15(19)30)20(25)21(12)27-16(31)11-26-22/h2-5,10,30H,1,6-9,11H2,(H,27,31). The number of phenolic OH excluding ortho intramolecular Hbond substituents is 1. The molecule has 4 rings (SSSR count). The molecule has 2 aromatic rings. The van der Waals surface area contributed by atoms with Crippen LogP contribution < -0.4 is 5.32 Å². The van der Waals surface area contributed by atoms with Gasteiger partial charge in [-0.1, -0.05) is 24.2 Å². The van der Waals surface area contributed by atoms with Crippen LogP contribution in [0.5, 0.6) is 5.75 Å². The number of aromatic hydroxyl groups is 1. The Labute approximate surface area is 187 Å². The second kappa shape index (κ2) is 8.58. The summed E-state index contributed by atoms with van der Waals surface area (Å²) in [5, 5.41) is 12.5. The molecule has 0 aliphatic carbocycles. The Bertz CT molecular complexity index is 1140. The zero-order chi connectivity index (χ0) is 23.0. The third-order valence-electron chi connectivity index (χ3n) is 5.40. The van der Waals surface area contributed by atoms with Crippen molar-refractivity contribution >= 4 is 34.9 Å². The molecule has 0 unspecified atom stereocenters. The van der Waals surface area contributed by atoms with Crippen molar-refractivity contribution in [3.8, 4) is 16.9 Å². The highest BCUT2D eigenvalue weighted by atomic mass is 35.5. The summed E-state index contributed by atoms with van der Waals surface area (Å²) in [6, 6.07) is 4.97. The highest BCUT2D eigenvalue weighted by Gasteiger charge is 2.31. The summed E-state index contributed by atoms with van der Waals surface area (Å²) in [5.41, 5.74) is -0.713. The first-order valence-electron chi connectivity index (χ1n) is 9.82. The molecule has 0 aromatic heterocycles. The number of amidine groups is 1. The molecule has 0 spiro atoms. The maximum atomic E-state index is 15.7. The van der Waals surface area contributed by atoms with E-state index in [1.165, 1.54) is 24.3 Å². The van der Waals surface area contributed by atoms with E-state index in [1.54, 1.807) is 4.90 Å². The van der Waals surface area contributed by atoms with Crippen molar-refractivity contribution in [2.75, 3.05) is 38.0 Å². The SMILES string of the molecule is C=CC(=O)N1CCN(C2=NCC(=O)Nc3c2cc(Cl)c(-c2c(O)cccc2F)c3F)CC1. The summed E-state index contributed by atoms with van der Waals surface area (Å²) in [6.07, 6.45) is 1.24. The number of carbonyl (C=O) groups excluding carboxylic acids is 2. The summed E-state index contributed by atoms with van der Waals surface area (Å²) >= 11 is 6.35. The Morgan fingerprint density at radius 1 is 1.22 bits per heavy atom. The van der Waals surface area contributed by atoms with Crippen molar-refractivity contribution in [2.45, 2.75) is 0 Å². The minimum Gasteiger partial charge on any atom is -0.507 e. The number of aliphatic imine (C=N–C) groups is 1. The fraction of sp³-hybridized carbons (Fsp3) is 0.227. The van der Waals surface area contributed by atoms with Crippen LogP contribution in [0.4, 0.5) is 14.5 Å². The molecule has 0 radical (unpaired) electrons. The molecule has 0 atom stereocenters. The van der Waals surface area contributed by atoms with Crippen molar-refractivity contribution in [1.29, 1.82) is 0 Å². The predicted molar refractivity (Wildman–Crippen MR) is 117 cm³/mol. The Kier molecular flexibility index (Phi) is 5.84. The Hall–Kier alpha value is -3.46. The molecule has 2 aliphatic rings. The van der Waals surface area contributed by atoms with Crippen molar-refractivity contribution < 1.29 is 23.5 Å². The Morgan fingerprint density at radius 2 is 1.94 bits per heavy atom. The molecule has 166 valence electrons. The fourth-order valence-electron chi connectivity index (χ4n) is 3.86. The van der Waals surface area contributed by atoms with Crippen LogP contribution in [0.2, 0.25) is 5.02 Å². The summed E-state index contributed by atoms with van der Waals surface area (Å²) < 4.78 is 30.1. The minimum atomic E-state index is -0.976. The number of phenols is 1. The predicted octanol–water partition coefficient (Wildman–Crippen LogP) is 3.02. The number of rotatable bonds is 2. The zero-order valence-corrected chi connectivity index (χ0v) is 17.6. The molecule has 1 saturated heterocycles. The molecular weight excluding hydrogens is 442 g/mol.